The fourth-order valence-electron chi connectivity index (χ4n) is 3.89. The van der Waals surface area contributed by atoms with Gasteiger partial charge in [0.25, 0.3) is 5.91 Å². The summed E-state index contributed by atoms with van der Waals surface area (Å²) in [6.45, 7) is 0.534. The first kappa shape index (κ1) is 20.2. The monoisotopic (exact) mass is 438 g/mol. The Kier molecular flexibility index (Phi) is 5.52. The van der Waals surface area contributed by atoms with Crippen molar-refractivity contribution >= 4 is 27.3 Å². The Morgan fingerprint density at radius 2 is 1.56 bits per heavy atom. The number of nitrogens with zero attached hydrogens (tertiary/aromatic N) is 4. The number of aromatic nitrogens is 3. The molecule has 1 amide bonds. The average molecular weight is 439 g/mol. The van der Waals surface area contributed by atoms with E-state index >= 15 is 0 Å². The van der Waals surface area contributed by atoms with Crippen molar-refractivity contribution < 1.29 is 4.79 Å². The van der Waals surface area contributed by atoms with Gasteiger partial charge in [-0.1, -0.05) is 84.1 Å². The van der Waals surface area contributed by atoms with Gasteiger partial charge in [0, 0.05) is 16.6 Å². The molecule has 0 saturated carbocycles. The summed E-state index contributed by atoms with van der Waals surface area (Å²) in [6.07, 6.45) is 1.74. The molecular weight excluding hydrogens is 416 g/mol. The lowest BCUT2D eigenvalue weighted by Crippen LogP contribution is -2.26. The molecule has 0 saturated heterocycles. The molecule has 0 aliphatic heterocycles. The molecule has 0 atom stereocenters. The molecule has 0 aliphatic carbocycles. The van der Waals surface area contributed by atoms with Gasteiger partial charge in [0.1, 0.15) is 6.04 Å². The number of benzene rings is 3. The van der Waals surface area contributed by atoms with E-state index in [9.17, 15) is 4.79 Å². The standard InChI is InChI=1S/C26H22N4OS/c1-29(17-22-16-21-14-8-9-15-24(21)32-22)26(31)23-18-30(28-27-23)25(19-10-4-2-5-11-19)20-12-6-3-7-13-20/h2-16,18,25H,17H2,1H3. The lowest BCUT2D eigenvalue weighted by Gasteiger charge is -2.18. The summed E-state index contributed by atoms with van der Waals surface area (Å²) in [5, 5.41) is 9.76. The number of hydrogen-bond donors (Lipinski definition) is 0. The molecule has 0 N–H and O–H groups in total. The number of carbonyl (C=O) groups excluding carboxylic acids is 1. The van der Waals surface area contributed by atoms with E-state index in [1.807, 2.05) is 48.5 Å². The SMILES string of the molecule is CN(Cc1cc2ccccc2s1)C(=O)c1cn(C(c2ccccc2)c2ccccc2)nn1. The van der Waals surface area contributed by atoms with E-state index in [0.29, 0.717) is 12.2 Å². The van der Waals surface area contributed by atoms with E-state index in [1.54, 1.807) is 34.2 Å². The molecule has 158 valence electrons. The summed E-state index contributed by atoms with van der Waals surface area (Å²) < 4.78 is 2.99. The summed E-state index contributed by atoms with van der Waals surface area (Å²) in [7, 11) is 1.80. The Hall–Kier alpha value is -3.77. The molecule has 5 nitrogen and oxygen atoms in total. The second-order valence-electron chi connectivity index (χ2n) is 7.72. The van der Waals surface area contributed by atoms with Crippen LogP contribution in [0.1, 0.15) is 32.5 Å². The predicted molar refractivity (Wildman–Crippen MR) is 128 cm³/mol. The van der Waals surface area contributed by atoms with E-state index in [1.165, 1.54) is 10.1 Å². The highest BCUT2D eigenvalue weighted by Gasteiger charge is 2.22. The molecule has 3 aromatic carbocycles. The highest BCUT2D eigenvalue weighted by molar-refractivity contribution is 7.19. The highest BCUT2D eigenvalue weighted by Crippen LogP contribution is 2.27. The zero-order valence-electron chi connectivity index (χ0n) is 17.6. The molecule has 0 radical (unpaired) electrons. The maximum absolute atomic E-state index is 13.1. The fourth-order valence-corrected chi connectivity index (χ4v) is 5.00. The van der Waals surface area contributed by atoms with E-state index in [0.717, 1.165) is 16.0 Å². The van der Waals surface area contributed by atoms with E-state index in [2.05, 4.69) is 52.8 Å². The first-order chi connectivity index (χ1) is 15.7. The molecule has 5 aromatic rings. The van der Waals surface area contributed by atoms with Gasteiger partial charge < -0.3 is 4.90 Å². The van der Waals surface area contributed by atoms with Crippen LogP contribution in [0.2, 0.25) is 0 Å². The van der Waals surface area contributed by atoms with Gasteiger partial charge in [0.2, 0.25) is 0 Å². The van der Waals surface area contributed by atoms with Crippen molar-refractivity contribution in [2.24, 2.45) is 0 Å². The quantitative estimate of drug-likeness (QED) is 0.357. The lowest BCUT2D eigenvalue weighted by atomic mass is 9.99. The normalized spacial score (nSPS) is 11.2. The zero-order chi connectivity index (χ0) is 21.9. The van der Waals surface area contributed by atoms with Gasteiger partial charge in [0.15, 0.2) is 5.69 Å². The van der Waals surface area contributed by atoms with Crippen LogP contribution in [0.25, 0.3) is 10.1 Å². The topological polar surface area (TPSA) is 51.0 Å². The van der Waals surface area contributed by atoms with Crippen molar-refractivity contribution in [2.75, 3.05) is 7.05 Å². The molecular formula is C26H22N4OS. The number of hydrogen-bond acceptors (Lipinski definition) is 4. The molecule has 2 aromatic heterocycles. The third kappa shape index (κ3) is 4.05. The summed E-state index contributed by atoms with van der Waals surface area (Å²) in [5.74, 6) is -0.145. The van der Waals surface area contributed by atoms with Crippen LogP contribution in [0, 0.1) is 0 Å². The lowest BCUT2D eigenvalue weighted by molar-refractivity contribution is 0.0780. The van der Waals surface area contributed by atoms with Gasteiger partial charge in [0.05, 0.1) is 12.7 Å². The average Bonchev–Trinajstić information content (AvgIpc) is 3.47. The first-order valence-corrected chi connectivity index (χ1v) is 11.3. The third-order valence-electron chi connectivity index (χ3n) is 5.44. The zero-order valence-corrected chi connectivity index (χ0v) is 18.4. The minimum atomic E-state index is -0.153. The molecule has 5 rings (SSSR count). The Balaban J connectivity index is 1.40. The molecule has 0 bridgehead atoms. The van der Waals surface area contributed by atoms with Crippen LogP contribution < -0.4 is 0 Å². The van der Waals surface area contributed by atoms with Crippen molar-refractivity contribution in [2.45, 2.75) is 12.6 Å². The maximum atomic E-state index is 13.1. The smallest absolute Gasteiger partial charge is 0.276 e. The number of thiophene rings is 1. The van der Waals surface area contributed by atoms with Crippen molar-refractivity contribution in [1.29, 1.82) is 0 Å². The Bertz CT molecular complexity index is 1270. The van der Waals surface area contributed by atoms with Crippen LogP contribution in [0.5, 0.6) is 0 Å². The van der Waals surface area contributed by atoms with Crippen LogP contribution in [-0.4, -0.2) is 32.8 Å². The van der Waals surface area contributed by atoms with Crippen LogP contribution >= 0.6 is 11.3 Å². The third-order valence-corrected chi connectivity index (χ3v) is 6.54. The maximum Gasteiger partial charge on any atom is 0.276 e. The van der Waals surface area contributed by atoms with Crippen LogP contribution in [0.15, 0.2) is 97.2 Å². The van der Waals surface area contributed by atoms with Crippen LogP contribution in [0.3, 0.4) is 0 Å². The number of amides is 1. The minimum Gasteiger partial charge on any atom is -0.335 e. The van der Waals surface area contributed by atoms with Crippen LogP contribution in [-0.2, 0) is 6.54 Å². The van der Waals surface area contributed by atoms with E-state index < -0.39 is 0 Å². The van der Waals surface area contributed by atoms with E-state index in [4.69, 9.17) is 0 Å². The van der Waals surface area contributed by atoms with Crippen molar-refractivity contribution in [1.82, 2.24) is 19.9 Å². The van der Waals surface area contributed by atoms with Crippen molar-refractivity contribution in [3.63, 3.8) is 0 Å². The minimum absolute atomic E-state index is 0.145. The Labute approximate surface area is 190 Å². The first-order valence-electron chi connectivity index (χ1n) is 10.4. The van der Waals surface area contributed by atoms with Crippen molar-refractivity contribution in [3.8, 4) is 0 Å². The Morgan fingerprint density at radius 3 is 2.22 bits per heavy atom. The summed E-state index contributed by atoms with van der Waals surface area (Å²) in [6, 6.07) is 30.5. The molecule has 0 fully saturated rings. The van der Waals surface area contributed by atoms with Gasteiger partial charge in [-0.05, 0) is 28.6 Å². The van der Waals surface area contributed by atoms with Gasteiger partial charge in [-0.3, -0.25) is 4.79 Å². The molecule has 0 unspecified atom stereocenters. The second kappa shape index (κ2) is 8.77. The summed E-state index contributed by atoms with van der Waals surface area (Å²) >= 11 is 1.71. The molecule has 0 spiro atoms. The summed E-state index contributed by atoms with van der Waals surface area (Å²) in [4.78, 5) is 15.9. The fraction of sp³-hybridized carbons (Fsp3) is 0.115. The molecule has 0 aliphatic rings. The van der Waals surface area contributed by atoms with Gasteiger partial charge in [-0.25, -0.2) is 4.68 Å². The van der Waals surface area contributed by atoms with Gasteiger partial charge in [-0.2, -0.15) is 0 Å². The number of fused-ring (bicyclic) bond motifs is 1. The predicted octanol–water partition coefficient (Wildman–Crippen LogP) is 5.40. The largest absolute Gasteiger partial charge is 0.335 e. The molecule has 2 heterocycles. The van der Waals surface area contributed by atoms with Gasteiger partial charge >= 0.3 is 0 Å². The Morgan fingerprint density at radius 1 is 0.938 bits per heavy atom. The van der Waals surface area contributed by atoms with E-state index in [-0.39, 0.29) is 11.9 Å². The number of rotatable bonds is 6. The van der Waals surface area contributed by atoms with Crippen molar-refractivity contribution in [3.05, 3.63) is 119 Å². The van der Waals surface area contributed by atoms with Gasteiger partial charge in [-0.15, -0.1) is 16.4 Å². The molecule has 32 heavy (non-hydrogen) atoms. The van der Waals surface area contributed by atoms with Crippen LogP contribution in [0.4, 0.5) is 0 Å². The summed E-state index contributed by atoms with van der Waals surface area (Å²) in [5.41, 5.74) is 2.51. The highest BCUT2D eigenvalue weighted by atomic mass is 32.1. The number of carbonyl (C=O) groups is 1. The second-order valence-corrected chi connectivity index (χ2v) is 8.89. The molecule has 6 heteroatoms.